The topological polar surface area (TPSA) is 29.9 Å². The van der Waals surface area contributed by atoms with Crippen molar-refractivity contribution in [2.75, 3.05) is 13.6 Å². The van der Waals surface area contributed by atoms with Crippen molar-refractivity contribution in [3.63, 3.8) is 0 Å². The molecule has 1 N–H and O–H groups in total. The Morgan fingerprint density at radius 1 is 1.35 bits per heavy atom. The van der Waals surface area contributed by atoms with E-state index in [2.05, 4.69) is 75.0 Å². The van der Waals surface area contributed by atoms with Gasteiger partial charge in [-0.05, 0) is 62.3 Å². The van der Waals surface area contributed by atoms with Gasteiger partial charge in [0.15, 0.2) is 0 Å². The second kappa shape index (κ2) is 9.36. The molecule has 0 aliphatic heterocycles. The van der Waals surface area contributed by atoms with Crippen LogP contribution in [0.25, 0.3) is 6.08 Å². The number of nitrogens with one attached hydrogen (secondary N) is 1. The number of imidazole rings is 1. The molecule has 1 aromatic heterocycles. The van der Waals surface area contributed by atoms with Gasteiger partial charge in [0.25, 0.3) is 0 Å². The first-order chi connectivity index (χ1) is 12.3. The fraction of sp³-hybridized carbons (Fsp3) is 0.609. The predicted octanol–water partition coefficient (Wildman–Crippen LogP) is 5.09. The summed E-state index contributed by atoms with van der Waals surface area (Å²) in [5.74, 6) is 1.87. The lowest BCUT2D eigenvalue weighted by Gasteiger charge is -2.23. The maximum Gasteiger partial charge on any atom is 0.109 e. The summed E-state index contributed by atoms with van der Waals surface area (Å²) in [5.41, 5.74) is 4.14. The molecule has 0 aromatic carbocycles. The molecule has 1 atom stereocenters. The van der Waals surface area contributed by atoms with Gasteiger partial charge >= 0.3 is 0 Å². The molecule has 0 spiro atoms. The largest absolute Gasteiger partial charge is 0.334 e. The molecule has 1 aromatic rings. The van der Waals surface area contributed by atoms with Crippen LogP contribution >= 0.6 is 0 Å². The number of rotatable bonds is 7. The van der Waals surface area contributed by atoms with Crippen LogP contribution in [0.5, 0.6) is 0 Å². The maximum atomic E-state index is 5.02. The number of hydrogen-bond acceptors (Lipinski definition) is 2. The summed E-state index contributed by atoms with van der Waals surface area (Å²) in [4.78, 5) is 5.02. The number of nitrogens with zero attached hydrogens (tertiary/aromatic N) is 2. The lowest BCUT2D eigenvalue weighted by molar-refractivity contribution is 0.302. The lowest BCUT2D eigenvalue weighted by atomic mass is 9.84. The van der Waals surface area contributed by atoms with Crippen LogP contribution in [0.3, 0.4) is 0 Å². The van der Waals surface area contributed by atoms with Gasteiger partial charge in [0.05, 0.1) is 5.69 Å². The van der Waals surface area contributed by atoms with E-state index in [4.69, 9.17) is 4.98 Å². The van der Waals surface area contributed by atoms with Crippen LogP contribution < -0.4 is 5.32 Å². The van der Waals surface area contributed by atoms with Crippen LogP contribution in [0.1, 0.15) is 64.2 Å². The van der Waals surface area contributed by atoms with E-state index in [1.807, 2.05) is 7.05 Å². The highest BCUT2D eigenvalue weighted by atomic mass is 15.1. The Hall–Kier alpha value is -1.61. The summed E-state index contributed by atoms with van der Waals surface area (Å²) in [6.45, 7) is 10.3. The molecular weight excluding hydrogens is 318 g/mol. The first kappa shape index (κ1) is 20.7. The molecule has 0 radical (unpaired) electrons. The molecule has 3 heteroatoms. The fourth-order valence-electron chi connectivity index (χ4n) is 3.83. The molecule has 144 valence electrons. The Labute approximate surface area is 160 Å². The van der Waals surface area contributed by atoms with Gasteiger partial charge in [0.2, 0.25) is 0 Å². The molecule has 0 saturated heterocycles. The normalized spacial score (nSPS) is 18.3. The smallest absolute Gasteiger partial charge is 0.109 e. The molecule has 1 aliphatic rings. The Bertz CT molecular complexity index is 668. The molecule has 2 rings (SSSR count). The summed E-state index contributed by atoms with van der Waals surface area (Å²) in [5, 5.41) is 3.18. The minimum absolute atomic E-state index is 0.369. The summed E-state index contributed by atoms with van der Waals surface area (Å²) < 4.78 is 2.34. The van der Waals surface area contributed by atoms with Crippen molar-refractivity contribution in [1.82, 2.24) is 14.9 Å². The average molecular weight is 356 g/mol. The second-order valence-electron chi connectivity index (χ2n) is 8.87. The lowest BCUT2D eigenvalue weighted by Crippen LogP contribution is -2.15. The number of aromatic nitrogens is 2. The van der Waals surface area contributed by atoms with Gasteiger partial charge in [0.1, 0.15) is 5.82 Å². The van der Waals surface area contributed by atoms with Crippen molar-refractivity contribution < 1.29 is 0 Å². The Kier molecular flexibility index (Phi) is 7.45. The quantitative estimate of drug-likeness (QED) is 0.691. The summed E-state index contributed by atoms with van der Waals surface area (Å²) in [6, 6.07) is 0. The molecule has 26 heavy (non-hydrogen) atoms. The van der Waals surface area contributed by atoms with E-state index in [-0.39, 0.29) is 0 Å². The molecule has 0 fully saturated rings. The molecule has 3 nitrogen and oxygen atoms in total. The Morgan fingerprint density at radius 3 is 2.81 bits per heavy atom. The number of fused-ring (bicyclic) bond motifs is 1. The van der Waals surface area contributed by atoms with Gasteiger partial charge in [-0.25, -0.2) is 4.98 Å². The summed E-state index contributed by atoms with van der Waals surface area (Å²) in [7, 11) is 4.18. The molecule has 1 heterocycles. The van der Waals surface area contributed by atoms with Crippen LogP contribution in [-0.4, -0.2) is 23.1 Å². The van der Waals surface area contributed by atoms with Crippen molar-refractivity contribution >= 4 is 6.08 Å². The van der Waals surface area contributed by atoms with Gasteiger partial charge in [-0.2, -0.15) is 0 Å². The van der Waals surface area contributed by atoms with E-state index in [9.17, 15) is 0 Å². The SMILES string of the molecule is CNCC/C=C/C1=C/c2nc(CC(C)CC(C)(C)C)n(C)c2CCC=C1. The monoisotopic (exact) mass is 355 g/mol. The average Bonchev–Trinajstić information content (AvgIpc) is 2.78. The second-order valence-corrected chi connectivity index (χ2v) is 8.87. The van der Waals surface area contributed by atoms with Crippen molar-refractivity contribution in [2.24, 2.45) is 18.4 Å². The molecule has 1 unspecified atom stereocenters. The first-order valence-electron chi connectivity index (χ1n) is 10.0. The third-order valence-electron chi connectivity index (χ3n) is 4.86. The van der Waals surface area contributed by atoms with E-state index < -0.39 is 0 Å². The number of hydrogen-bond donors (Lipinski definition) is 1. The standard InChI is InChI=1S/C23H37N3/c1-18(17-23(2,3)4)15-22-25-20-16-19(12-9-10-14-24-5)11-7-8-13-21(20)26(22)6/h7,9,11-12,16,18,24H,8,10,13-15,17H2,1-6H3/b11-7?,12-9+,19-16+. The highest BCUT2D eigenvalue weighted by Gasteiger charge is 2.19. The summed E-state index contributed by atoms with van der Waals surface area (Å²) >= 11 is 0. The molecule has 1 aliphatic carbocycles. The van der Waals surface area contributed by atoms with Crippen LogP contribution in [0.2, 0.25) is 0 Å². The van der Waals surface area contributed by atoms with Crippen LogP contribution in [0.15, 0.2) is 29.9 Å². The van der Waals surface area contributed by atoms with Crippen molar-refractivity contribution in [2.45, 2.75) is 59.8 Å². The van der Waals surface area contributed by atoms with Gasteiger partial charge < -0.3 is 9.88 Å². The van der Waals surface area contributed by atoms with Crippen molar-refractivity contribution in [1.29, 1.82) is 0 Å². The zero-order chi connectivity index (χ0) is 19.2. The zero-order valence-corrected chi connectivity index (χ0v) is 17.6. The number of allylic oxidation sites excluding steroid dienone is 4. The minimum Gasteiger partial charge on any atom is -0.334 e. The Morgan fingerprint density at radius 2 is 2.12 bits per heavy atom. The van der Waals surface area contributed by atoms with Gasteiger partial charge in [-0.15, -0.1) is 0 Å². The van der Waals surface area contributed by atoms with Crippen molar-refractivity contribution in [3.8, 4) is 0 Å². The molecule has 0 saturated carbocycles. The van der Waals surface area contributed by atoms with Crippen LogP contribution in [-0.2, 0) is 19.9 Å². The van der Waals surface area contributed by atoms with Crippen LogP contribution in [0.4, 0.5) is 0 Å². The van der Waals surface area contributed by atoms with E-state index >= 15 is 0 Å². The minimum atomic E-state index is 0.369. The molecule has 0 bridgehead atoms. The maximum absolute atomic E-state index is 5.02. The van der Waals surface area contributed by atoms with E-state index in [0.717, 1.165) is 37.9 Å². The highest BCUT2D eigenvalue weighted by Crippen LogP contribution is 2.27. The molecular formula is C23H37N3. The van der Waals surface area contributed by atoms with E-state index in [0.29, 0.717) is 11.3 Å². The predicted molar refractivity (Wildman–Crippen MR) is 113 cm³/mol. The van der Waals surface area contributed by atoms with E-state index in [1.165, 1.54) is 23.5 Å². The van der Waals surface area contributed by atoms with Gasteiger partial charge in [-0.3, -0.25) is 0 Å². The van der Waals surface area contributed by atoms with Gasteiger partial charge in [0, 0.05) is 19.2 Å². The molecule has 0 amide bonds. The van der Waals surface area contributed by atoms with Gasteiger partial charge in [-0.1, -0.05) is 52.0 Å². The van der Waals surface area contributed by atoms with Crippen LogP contribution in [0, 0.1) is 11.3 Å². The van der Waals surface area contributed by atoms with Crippen molar-refractivity contribution in [3.05, 3.63) is 47.1 Å². The third kappa shape index (κ3) is 6.28. The highest BCUT2D eigenvalue weighted by molar-refractivity contribution is 5.59. The van der Waals surface area contributed by atoms with E-state index in [1.54, 1.807) is 0 Å². The third-order valence-corrected chi connectivity index (χ3v) is 4.86. The Balaban J connectivity index is 2.20. The zero-order valence-electron chi connectivity index (χ0n) is 17.6. The first-order valence-corrected chi connectivity index (χ1v) is 10.0. The fourth-order valence-corrected chi connectivity index (χ4v) is 3.83. The summed E-state index contributed by atoms with van der Waals surface area (Å²) in [6.07, 6.45) is 16.7.